The van der Waals surface area contributed by atoms with Gasteiger partial charge < -0.3 is 9.88 Å². The standard InChI is InChI=1S/C11H14N4OS3/c1-7-6-18-11(16)15(7)4-5-17-10-14-13-9(19-10)12-8-2-3-8/h6,8H,2-5H2,1H3,(H,12,13). The fourth-order valence-corrected chi connectivity index (χ4v) is 4.21. The van der Waals surface area contributed by atoms with Gasteiger partial charge in [-0.15, -0.1) is 10.2 Å². The molecule has 2 heterocycles. The maximum Gasteiger partial charge on any atom is 0.307 e. The average Bonchev–Trinajstić information content (AvgIpc) is 3.00. The highest BCUT2D eigenvalue weighted by Crippen LogP contribution is 2.30. The highest BCUT2D eigenvalue weighted by atomic mass is 32.2. The number of hydrogen-bond acceptors (Lipinski definition) is 7. The van der Waals surface area contributed by atoms with Crippen LogP contribution in [0.1, 0.15) is 18.5 Å². The van der Waals surface area contributed by atoms with Crippen molar-refractivity contribution < 1.29 is 0 Å². The van der Waals surface area contributed by atoms with Crippen molar-refractivity contribution >= 4 is 39.6 Å². The van der Waals surface area contributed by atoms with Gasteiger partial charge in [-0.25, -0.2) is 0 Å². The fourth-order valence-electron chi connectivity index (χ4n) is 1.63. The van der Waals surface area contributed by atoms with E-state index in [0.717, 1.165) is 27.5 Å². The smallest absolute Gasteiger partial charge is 0.307 e. The largest absolute Gasteiger partial charge is 0.357 e. The first-order chi connectivity index (χ1) is 9.22. The van der Waals surface area contributed by atoms with E-state index in [1.165, 1.54) is 24.2 Å². The van der Waals surface area contributed by atoms with E-state index in [0.29, 0.717) is 6.04 Å². The number of aryl methyl sites for hydroxylation is 1. The van der Waals surface area contributed by atoms with Crippen molar-refractivity contribution in [3.8, 4) is 0 Å². The molecule has 0 aromatic carbocycles. The maximum absolute atomic E-state index is 11.6. The Kier molecular flexibility index (Phi) is 3.90. The summed E-state index contributed by atoms with van der Waals surface area (Å²) in [6.45, 7) is 2.69. The first-order valence-electron chi connectivity index (χ1n) is 6.10. The second kappa shape index (κ2) is 5.64. The van der Waals surface area contributed by atoms with Gasteiger partial charge in [0.05, 0.1) is 0 Å². The SMILES string of the molecule is Cc1csc(=O)n1CCSc1nnc(NC2CC2)s1. The van der Waals surface area contributed by atoms with Gasteiger partial charge in [0.1, 0.15) is 0 Å². The summed E-state index contributed by atoms with van der Waals surface area (Å²) >= 11 is 4.50. The second-order valence-electron chi connectivity index (χ2n) is 4.43. The first-order valence-corrected chi connectivity index (χ1v) is 8.78. The van der Waals surface area contributed by atoms with Crippen molar-refractivity contribution in [3.63, 3.8) is 0 Å². The van der Waals surface area contributed by atoms with Crippen molar-refractivity contribution in [1.82, 2.24) is 14.8 Å². The molecule has 0 spiro atoms. The number of nitrogens with one attached hydrogen (secondary N) is 1. The number of hydrogen-bond donors (Lipinski definition) is 1. The van der Waals surface area contributed by atoms with Gasteiger partial charge in [0.25, 0.3) is 0 Å². The molecule has 102 valence electrons. The molecule has 1 aliphatic carbocycles. The zero-order valence-corrected chi connectivity index (χ0v) is 12.9. The number of aromatic nitrogens is 3. The summed E-state index contributed by atoms with van der Waals surface area (Å²) in [5, 5.41) is 14.4. The van der Waals surface area contributed by atoms with Crippen LogP contribution in [-0.4, -0.2) is 26.6 Å². The van der Waals surface area contributed by atoms with Gasteiger partial charge in [0.2, 0.25) is 5.13 Å². The predicted octanol–water partition coefficient (Wildman–Crippen LogP) is 2.44. The van der Waals surface area contributed by atoms with Crippen LogP contribution in [0.5, 0.6) is 0 Å². The van der Waals surface area contributed by atoms with Crippen LogP contribution in [0.4, 0.5) is 5.13 Å². The number of thioether (sulfide) groups is 1. The van der Waals surface area contributed by atoms with E-state index in [9.17, 15) is 4.79 Å². The van der Waals surface area contributed by atoms with Crippen LogP contribution >= 0.6 is 34.4 Å². The van der Waals surface area contributed by atoms with E-state index >= 15 is 0 Å². The van der Waals surface area contributed by atoms with Crippen LogP contribution in [0, 0.1) is 6.92 Å². The van der Waals surface area contributed by atoms with Crippen LogP contribution in [-0.2, 0) is 6.54 Å². The number of thiazole rings is 1. The lowest BCUT2D eigenvalue weighted by atomic mass is 10.5. The van der Waals surface area contributed by atoms with E-state index in [4.69, 9.17) is 0 Å². The Morgan fingerprint density at radius 3 is 3.05 bits per heavy atom. The van der Waals surface area contributed by atoms with Crippen LogP contribution < -0.4 is 10.2 Å². The van der Waals surface area contributed by atoms with Gasteiger partial charge in [-0.3, -0.25) is 4.79 Å². The molecule has 1 saturated carbocycles. The van der Waals surface area contributed by atoms with Crippen molar-refractivity contribution in [2.45, 2.75) is 36.7 Å². The zero-order valence-electron chi connectivity index (χ0n) is 10.5. The molecule has 3 rings (SSSR count). The summed E-state index contributed by atoms with van der Waals surface area (Å²) in [7, 11) is 0. The van der Waals surface area contributed by atoms with E-state index in [2.05, 4.69) is 15.5 Å². The minimum absolute atomic E-state index is 0.117. The molecule has 19 heavy (non-hydrogen) atoms. The molecular formula is C11H14N4OS3. The Bertz CT molecular complexity index is 613. The summed E-state index contributed by atoms with van der Waals surface area (Å²) in [5.41, 5.74) is 1.03. The molecule has 0 saturated heterocycles. The van der Waals surface area contributed by atoms with Crippen LogP contribution in [0.2, 0.25) is 0 Å². The molecule has 1 fully saturated rings. The van der Waals surface area contributed by atoms with E-state index < -0.39 is 0 Å². The summed E-state index contributed by atoms with van der Waals surface area (Å²) in [6, 6.07) is 0.609. The molecule has 5 nitrogen and oxygen atoms in total. The lowest BCUT2D eigenvalue weighted by Gasteiger charge is -2.01. The third kappa shape index (κ3) is 3.37. The summed E-state index contributed by atoms with van der Waals surface area (Å²) < 4.78 is 2.77. The molecule has 2 aromatic heterocycles. The Balaban J connectivity index is 1.51. The molecule has 0 unspecified atom stereocenters. The molecule has 1 aliphatic rings. The van der Waals surface area contributed by atoms with E-state index in [-0.39, 0.29) is 4.87 Å². The summed E-state index contributed by atoms with van der Waals surface area (Å²) in [6.07, 6.45) is 2.48. The van der Waals surface area contributed by atoms with Crippen molar-refractivity contribution in [3.05, 3.63) is 20.7 Å². The monoisotopic (exact) mass is 314 g/mol. The van der Waals surface area contributed by atoms with E-state index in [1.807, 2.05) is 16.9 Å². The topological polar surface area (TPSA) is 59.8 Å². The number of nitrogens with zero attached hydrogens (tertiary/aromatic N) is 3. The molecule has 2 aromatic rings. The first kappa shape index (κ1) is 13.1. The van der Waals surface area contributed by atoms with Gasteiger partial charge in [-0.1, -0.05) is 34.4 Å². The van der Waals surface area contributed by atoms with Crippen molar-refractivity contribution in [2.75, 3.05) is 11.1 Å². The Hall–Kier alpha value is -0.860. The average molecular weight is 314 g/mol. The third-order valence-electron chi connectivity index (χ3n) is 2.83. The highest BCUT2D eigenvalue weighted by molar-refractivity contribution is 8.01. The van der Waals surface area contributed by atoms with Crippen molar-refractivity contribution in [1.29, 1.82) is 0 Å². The lowest BCUT2D eigenvalue weighted by Crippen LogP contribution is -2.15. The Labute approximate surface area is 123 Å². The van der Waals surface area contributed by atoms with Gasteiger partial charge >= 0.3 is 4.87 Å². The molecule has 0 amide bonds. The predicted molar refractivity (Wildman–Crippen MR) is 80.6 cm³/mol. The fraction of sp³-hybridized carbons (Fsp3) is 0.545. The second-order valence-corrected chi connectivity index (χ2v) is 7.58. The molecule has 0 bridgehead atoms. The third-order valence-corrected chi connectivity index (χ3v) is 5.68. The zero-order chi connectivity index (χ0) is 13.2. The van der Waals surface area contributed by atoms with Gasteiger partial charge in [0.15, 0.2) is 4.34 Å². The Morgan fingerprint density at radius 2 is 2.37 bits per heavy atom. The van der Waals surface area contributed by atoms with Crippen LogP contribution in [0.15, 0.2) is 14.5 Å². The van der Waals surface area contributed by atoms with Crippen molar-refractivity contribution in [2.24, 2.45) is 0 Å². The quantitative estimate of drug-likeness (QED) is 0.830. The number of rotatable bonds is 6. The maximum atomic E-state index is 11.6. The molecule has 8 heteroatoms. The minimum atomic E-state index is 0.117. The van der Waals surface area contributed by atoms with Gasteiger partial charge in [0, 0.05) is 29.4 Å². The minimum Gasteiger partial charge on any atom is -0.357 e. The normalized spacial score (nSPS) is 14.8. The van der Waals surface area contributed by atoms with E-state index in [1.54, 1.807) is 23.1 Å². The molecule has 1 N–H and O–H groups in total. The molecular weight excluding hydrogens is 300 g/mol. The summed E-state index contributed by atoms with van der Waals surface area (Å²) in [5.74, 6) is 0.843. The highest BCUT2D eigenvalue weighted by Gasteiger charge is 2.22. The van der Waals surface area contributed by atoms with Gasteiger partial charge in [-0.2, -0.15) is 0 Å². The Morgan fingerprint density at radius 1 is 1.53 bits per heavy atom. The number of anilines is 1. The molecule has 0 radical (unpaired) electrons. The summed E-state index contributed by atoms with van der Waals surface area (Å²) in [4.78, 5) is 11.7. The molecule has 0 atom stereocenters. The lowest BCUT2D eigenvalue weighted by molar-refractivity contribution is 0.730. The van der Waals surface area contributed by atoms with Gasteiger partial charge in [-0.05, 0) is 19.8 Å². The molecule has 0 aliphatic heterocycles. The van der Waals surface area contributed by atoms with Crippen LogP contribution in [0.25, 0.3) is 0 Å². The van der Waals surface area contributed by atoms with Crippen LogP contribution in [0.3, 0.4) is 0 Å².